The maximum atomic E-state index is 15.2. The molecule has 0 aliphatic carbocycles. The molecule has 8 rings (SSSR count). The topological polar surface area (TPSA) is 446 Å². The molecular weight excluding hydrogens is 1380 g/mol. The smallest absolute Gasteiger partial charge is 0.246 e. The second-order valence-corrected chi connectivity index (χ2v) is 31.1. The van der Waals surface area contributed by atoms with Crippen LogP contribution >= 0.6 is 35.3 Å². The summed E-state index contributed by atoms with van der Waals surface area (Å²) >= 11 is 3.81. The molecule has 4 bridgehead atoms. The third-order valence-electron chi connectivity index (χ3n) is 18.8. The van der Waals surface area contributed by atoms with Crippen molar-refractivity contribution < 1.29 is 72.2 Å². The van der Waals surface area contributed by atoms with Gasteiger partial charge in [0.05, 0.1) is 12.6 Å². The van der Waals surface area contributed by atoms with E-state index in [0.717, 1.165) is 16.7 Å². The minimum absolute atomic E-state index is 0.0286. The van der Waals surface area contributed by atoms with Gasteiger partial charge in [0.2, 0.25) is 82.7 Å². The molecule has 558 valence electrons. The zero-order chi connectivity index (χ0) is 74.1. The average molecular weight is 1470 g/mol. The number of nitrogens with zero attached hydrogens (tertiary/aromatic N) is 4. The van der Waals surface area contributed by atoms with Crippen LogP contribution in [0.15, 0.2) is 42.5 Å². The first-order valence-corrected chi connectivity index (χ1v) is 38.6. The maximum Gasteiger partial charge on any atom is 0.246 e. The number of hydrogen-bond donors (Lipinski definition) is 12. The number of thioether (sulfide) groups is 3. The lowest BCUT2D eigenvalue weighted by Gasteiger charge is -2.34. The van der Waals surface area contributed by atoms with E-state index in [1.165, 1.54) is 73.9 Å². The fraction of sp³-hybridized carbons (Fsp3) is 0.623. The van der Waals surface area contributed by atoms with Gasteiger partial charge < -0.3 is 84.4 Å². The number of fused-ring (bicyclic) bond motifs is 9. The molecule has 2 aromatic rings. The van der Waals surface area contributed by atoms with E-state index in [2.05, 4.69) is 42.5 Å². The Bertz CT molecular complexity index is 3440. The third-order valence-corrected chi connectivity index (χ3v) is 22.1. The summed E-state index contributed by atoms with van der Waals surface area (Å²) < 4.78 is 0. The first-order valence-electron chi connectivity index (χ1n) is 35.1. The van der Waals surface area contributed by atoms with Crippen molar-refractivity contribution in [1.29, 1.82) is 0 Å². The minimum atomic E-state index is -1.43. The van der Waals surface area contributed by atoms with Crippen LogP contribution in [-0.2, 0) is 90.8 Å². The molecular formula is C69H99N15O15S3. The maximum absolute atomic E-state index is 15.2. The van der Waals surface area contributed by atoms with E-state index in [-0.39, 0.29) is 136 Å². The van der Waals surface area contributed by atoms with Crippen LogP contribution in [0.5, 0.6) is 5.75 Å². The highest BCUT2D eigenvalue weighted by Crippen LogP contribution is 2.30. The fourth-order valence-corrected chi connectivity index (χ4v) is 16.7. The van der Waals surface area contributed by atoms with Crippen LogP contribution in [0.25, 0.3) is 0 Å². The number of phenols is 1. The van der Waals surface area contributed by atoms with E-state index in [1.54, 1.807) is 12.1 Å². The predicted molar refractivity (Wildman–Crippen MR) is 382 cm³/mol. The Kier molecular flexibility index (Phi) is 29.1. The summed E-state index contributed by atoms with van der Waals surface area (Å²) in [4.78, 5) is 206. The molecule has 6 aliphatic heterocycles. The van der Waals surface area contributed by atoms with Gasteiger partial charge in [0, 0.05) is 73.5 Å². The van der Waals surface area contributed by atoms with Gasteiger partial charge in [-0.1, -0.05) is 58.0 Å². The van der Waals surface area contributed by atoms with Gasteiger partial charge in [-0.3, -0.25) is 67.1 Å². The van der Waals surface area contributed by atoms with Crippen molar-refractivity contribution in [3.8, 4) is 5.75 Å². The minimum Gasteiger partial charge on any atom is -0.508 e. The third kappa shape index (κ3) is 21.9. The van der Waals surface area contributed by atoms with Crippen LogP contribution in [0, 0.1) is 11.8 Å². The number of nitrogens with one attached hydrogen (secondary N) is 8. The summed E-state index contributed by atoms with van der Waals surface area (Å²) in [6.07, 6.45) is 1.68. The number of nitrogens with two attached hydrogens (primary N) is 3. The molecule has 33 heteroatoms. The molecule has 102 heavy (non-hydrogen) atoms. The fourth-order valence-electron chi connectivity index (χ4n) is 13.7. The highest BCUT2D eigenvalue weighted by Gasteiger charge is 2.47. The number of primary amides is 2. The monoisotopic (exact) mass is 1470 g/mol. The summed E-state index contributed by atoms with van der Waals surface area (Å²) in [5.41, 5.74) is 19.8. The van der Waals surface area contributed by atoms with Gasteiger partial charge in [-0.15, -0.1) is 0 Å². The number of hydrogen-bond acceptors (Lipinski definition) is 19. The number of rotatable bonds is 14. The molecule has 30 nitrogen and oxygen atoms in total. The molecule has 2 aromatic carbocycles. The zero-order valence-electron chi connectivity index (χ0n) is 58.5. The number of amides is 14. The standard InChI is InChI=1S/C69H99N15O15S3/c1-37(2)24-46-61(91)77-48(29-40-14-16-44(85)17-15-40)67(97)81-20-6-11-53(81)64(94)78-49(59(89)73-30-57(72)87)34-100-31-41-26-42-28-43(27-41)33-102-36-51(80-58(88)39(5)70)68(98)82-21-7-10-52(82)63(93)74-45(18-19-56(71)86)60(90)76-47(25-38(3)4)66(96)84-23-9-13-55(84)69(99)83-22-8-12-54(83)65(95)79-50(35-101-32-42)62(92)75-46/h14-17,26-28,37-39,45-55,85H,6-13,18-25,29-36,70H2,1-5H3,(H2,71,86)(H2,72,87)(H,73,89)(H,74,93)(H,75,92)(H,76,90)(H,77,91)(H,78,94)(H,79,95)(H,80,88)/t39-,45-,46-,47-,48-,49-,50-,51-,52-,53-,54-,55-/m0/s1. The van der Waals surface area contributed by atoms with Gasteiger partial charge >= 0.3 is 0 Å². The second kappa shape index (κ2) is 37.3. The van der Waals surface area contributed by atoms with E-state index in [9.17, 15) is 53.1 Å². The quantitative estimate of drug-likeness (QED) is 0.108. The Morgan fingerprint density at radius 1 is 0.520 bits per heavy atom. The number of carbonyl (C=O) groups is 14. The van der Waals surface area contributed by atoms with Gasteiger partial charge in [0.25, 0.3) is 0 Å². The first-order chi connectivity index (χ1) is 48.5. The molecule has 14 amide bonds. The largest absolute Gasteiger partial charge is 0.508 e. The summed E-state index contributed by atoms with van der Waals surface area (Å²) in [6.45, 7) is 8.69. The Balaban J connectivity index is 1.21. The van der Waals surface area contributed by atoms with Crippen molar-refractivity contribution in [2.24, 2.45) is 29.0 Å². The Morgan fingerprint density at radius 3 is 1.52 bits per heavy atom. The molecule has 0 unspecified atom stereocenters. The normalized spacial score (nSPS) is 27.0. The molecule has 6 heterocycles. The van der Waals surface area contributed by atoms with E-state index in [0.29, 0.717) is 31.2 Å². The van der Waals surface area contributed by atoms with Crippen molar-refractivity contribution in [1.82, 2.24) is 62.1 Å². The summed E-state index contributed by atoms with van der Waals surface area (Å²) in [7, 11) is 0. The molecule has 12 atom stereocenters. The van der Waals surface area contributed by atoms with E-state index in [4.69, 9.17) is 17.2 Å². The van der Waals surface area contributed by atoms with Gasteiger partial charge in [0.15, 0.2) is 0 Å². The molecule has 0 radical (unpaired) electrons. The molecule has 0 spiro atoms. The number of phenolic OH excluding ortho intramolecular Hbond substituents is 1. The Morgan fingerprint density at radius 2 is 0.971 bits per heavy atom. The van der Waals surface area contributed by atoms with Crippen molar-refractivity contribution in [3.63, 3.8) is 0 Å². The van der Waals surface area contributed by atoms with Crippen LogP contribution in [0.1, 0.15) is 134 Å². The molecule has 4 fully saturated rings. The SMILES string of the molecule is CC(C)C[C@@H]1NC(=O)[C@@H]2CSCc3cc(cc(c3)CSC[C@H](NC(=O)[C@H](C)N)C(=O)N3CCC[C@H]3C(=O)N[C@@H](CCC(N)=O)C(=O)N[C@@H](CC(C)C)C(=O)N3CCC[C@H]3C(=O)N3CCC[C@H]3C(=O)N2)CSC[C@@H](C(=O)NCC(N)=O)NC(=O)[C@@H]2CCCN2C(=O)[C@H](Cc2ccc(O)cc2)NC1=O. The van der Waals surface area contributed by atoms with Crippen LogP contribution in [0.2, 0.25) is 0 Å². The number of carbonyl (C=O) groups excluding carboxylic acids is 14. The predicted octanol–water partition coefficient (Wildman–Crippen LogP) is -0.974. The summed E-state index contributed by atoms with van der Waals surface area (Å²) in [6, 6.07) is -2.97. The van der Waals surface area contributed by atoms with E-state index >= 15 is 19.2 Å². The van der Waals surface area contributed by atoms with Gasteiger partial charge in [-0.05, 0) is 124 Å². The summed E-state index contributed by atoms with van der Waals surface area (Å²) in [5.74, 6) is -9.76. The van der Waals surface area contributed by atoms with E-state index < -0.39 is 162 Å². The van der Waals surface area contributed by atoms with Crippen LogP contribution in [0.3, 0.4) is 0 Å². The van der Waals surface area contributed by atoms with Crippen molar-refractivity contribution in [3.05, 3.63) is 64.7 Å². The number of benzene rings is 2. The molecule has 15 N–H and O–H groups in total. The van der Waals surface area contributed by atoms with Gasteiger partial charge in [-0.2, -0.15) is 35.3 Å². The van der Waals surface area contributed by atoms with Gasteiger partial charge in [0.1, 0.15) is 72.2 Å². The van der Waals surface area contributed by atoms with Crippen LogP contribution in [-0.4, -0.2) is 230 Å². The highest BCUT2D eigenvalue weighted by atomic mass is 32.2. The van der Waals surface area contributed by atoms with Crippen molar-refractivity contribution >= 4 is 118 Å². The highest BCUT2D eigenvalue weighted by molar-refractivity contribution is 7.99. The Hall–Kier alpha value is -8.17. The zero-order valence-corrected chi connectivity index (χ0v) is 61.0. The lowest BCUT2D eigenvalue weighted by molar-refractivity contribution is -0.148. The van der Waals surface area contributed by atoms with Crippen molar-refractivity contribution in [2.45, 2.75) is 208 Å². The lowest BCUT2D eigenvalue weighted by atomic mass is 10.00. The van der Waals surface area contributed by atoms with Gasteiger partial charge in [-0.25, -0.2) is 0 Å². The summed E-state index contributed by atoms with van der Waals surface area (Å²) in [5, 5.41) is 32.5. The molecule has 6 aliphatic rings. The Labute approximate surface area is 606 Å². The molecule has 0 saturated carbocycles. The van der Waals surface area contributed by atoms with Crippen molar-refractivity contribution in [2.75, 3.05) is 50.0 Å². The average Bonchev–Trinajstić information content (AvgIpc) is 1.62. The number of aromatic hydroxyl groups is 1. The molecule has 0 aromatic heterocycles. The van der Waals surface area contributed by atoms with Crippen LogP contribution in [0.4, 0.5) is 0 Å². The first kappa shape index (κ1) is 79.5. The second-order valence-electron chi connectivity index (χ2n) is 28.0. The lowest BCUT2D eigenvalue weighted by Crippen LogP contribution is -2.61. The van der Waals surface area contributed by atoms with Crippen LogP contribution < -0.4 is 59.7 Å². The molecule has 4 saturated heterocycles. The van der Waals surface area contributed by atoms with E-state index in [1.807, 2.05) is 45.9 Å².